The fourth-order valence-electron chi connectivity index (χ4n) is 1.71. The minimum atomic E-state index is 0.0465. The van der Waals surface area contributed by atoms with E-state index >= 15 is 0 Å². The van der Waals surface area contributed by atoms with E-state index < -0.39 is 0 Å². The third-order valence-electron chi connectivity index (χ3n) is 2.53. The van der Waals surface area contributed by atoms with Crippen LogP contribution in [-0.4, -0.2) is 17.8 Å². The normalized spacial score (nSPS) is 10.2. The third-order valence-corrected chi connectivity index (χ3v) is 3.26. The van der Waals surface area contributed by atoms with Gasteiger partial charge in [0.05, 0.1) is 5.56 Å². The molecule has 2 aromatic heterocycles. The van der Waals surface area contributed by atoms with Gasteiger partial charge in [-0.1, -0.05) is 0 Å². The van der Waals surface area contributed by atoms with E-state index in [1.54, 1.807) is 30.5 Å². The number of carbonyl (C=O) groups is 1. The molecule has 2 rings (SSSR count). The Bertz CT molecular complexity index is 508. The van der Waals surface area contributed by atoms with Crippen molar-refractivity contribution in [2.24, 2.45) is 0 Å². The van der Waals surface area contributed by atoms with Crippen LogP contribution in [0.2, 0.25) is 0 Å². The molecular formula is C13H14N2OS. The molecule has 17 heavy (non-hydrogen) atoms. The van der Waals surface area contributed by atoms with Crippen molar-refractivity contribution in [3.8, 4) is 0 Å². The fourth-order valence-corrected chi connectivity index (χ4v) is 2.37. The monoisotopic (exact) mass is 246 g/mol. The highest BCUT2D eigenvalue weighted by molar-refractivity contribution is 7.07. The molecule has 0 spiro atoms. The zero-order valence-electron chi connectivity index (χ0n) is 9.88. The number of Topliss-reactive ketones (excluding diaryl/α,β-unsaturated/α-hetero) is 1. The van der Waals surface area contributed by atoms with E-state index in [2.05, 4.69) is 16.4 Å². The van der Waals surface area contributed by atoms with Crippen molar-refractivity contribution in [1.29, 1.82) is 0 Å². The lowest BCUT2D eigenvalue weighted by Gasteiger charge is -2.19. The highest BCUT2D eigenvalue weighted by atomic mass is 32.1. The van der Waals surface area contributed by atoms with Crippen LogP contribution in [-0.2, 0) is 6.54 Å². The van der Waals surface area contributed by atoms with Gasteiger partial charge in [0.1, 0.15) is 5.82 Å². The summed E-state index contributed by atoms with van der Waals surface area (Å²) < 4.78 is 0. The number of thiophene rings is 1. The topological polar surface area (TPSA) is 33.2 Å². The maximum absolute atomic E-state index is 11.5. The van der Waals surface area contributed by atoms with Gasteiger partial charge >= 0.3 is 0 Å². The molecule has 0 unspecified atom stereocenters. The summed E-state index contributed by atoms with van der Waals surface area (Å²) in [6.07, 6.45) is 1.71. The summed E-state index contributed by atoms with van der Waals surface area (Å²) in [4.78, 5) is 17.8. The Kier molecular flexibility index (Phi) is 3.54. The van der Waals surface area contributed by atoms with E-state index in [9.17, 15) is 4.79 Å². The second-order valence-electron chi connectivity index (χ2n) is 3.92. The third kappa shape index (κ3) is 2.71. The summed E-state index contributed by atoms with van der Waals surface area (Å²) in [5.41, 5.74) is 1.91. The number of ketones is 1. The fraction of sp³-hybridized carbons (Fsp3) is 0.231. The van der Waals surface area contributed by atoms with E-state index in [0.29, 0.717) is 5.56 Å². The largest absolute Gasteiger partial charge is 0.355 e. The molecule has 0 saturated heterocycles. The molecule has 0 N–H and O–H groups in total. The number of nitrogens with zero attached hydrogens (tertiary/aromatic N) is 2. The van der Waals surface area contributed by atoms with Crippen molar-refractivity contribution in [3.63, 3.8) is 0 Å². The molecule has 0 saturated carbocycles. The van der Waals surface area contributed by atoms with Gasteiger partial charge in [-0.15, -0.1) is 0 Å². The van der Waals surface area contributed by atoms with Crippen LogP contribution in [0.4, 0.5) is 5.82 Å². The average Bonchev–Trinajstić information content (AvgIpc) is 2.81. The molecule has 0 atom stereocenters. The number of pyridine rings is 1. The number of aromatic nitrogens is 1. The van der Waals surface area contributed by atoms with Crippen LogP contribution in [0.1, 0.15) is 22.8 Å². The first-order valence-electron chi connectivity index (χ1n) is 5.36. The predicted octanol–water partition coefficient (Wildman–Crippen LogP) is 2.98. The Morgan fingerprint density at radius 1 is 1.47 bits per heavy atom. The summed E-state index contributed by atoms with van der Waals surface area (Å²) >= 11 is 1.67. The molecule has 0 bridgehead atoms. The Hall–Kier alpha value is -1.68. The van der Waals surface area contributed by atoms with Gasteiger partial charge in [0.25, 0.3) is 0 Å². The second-order valence-corrected chi connectivity index (χ2v) is 4.70. The van der Waals surface area contributed by atoms with Crippen LogP contribution in [0.5, 0.6) is 0 Å². The van der Waals surface area contributed by atoms with Crippen molar-refractivity contribution in [1.82, 2.24) is 4.98 Å². The maximum atomic E-state index is 11.5. The van der Waals surface area contributed by atoms with Gasteiger partial charge in [0, 0.05) is 19.8 Å². The van der Waals surface area contributed by atoms with Crippen LogP contribution in [0.15, 0.2) is 35.2 Å². The number of hydrogen-bond acceptors (Lipinski definition) is 4. The molecule has 0 aromatic carbocycles. The molecule has 0 aliphatic carbocycles. The second kappa shape index (κ2) is 5.10. The smallest absolute Gasteiger partial charge is 0.163 e. The Labute approximate surface area is 105 Å². The molecule has 2 aromatic rings. The summed E-state index contributed by atoms with van der Waals surface area (Å²) in [6.45, 7) is 2.33. The number of rotatable bonds is 4. The SMILES string of the molecule is CC(=O)c1cccnc1N(C)Cc1ccsc1. The zero-order chi connectivity index (χ0) is 12.3. The van der Waals surface area contributed by atoms with E-state index in [1.165, 1.54) is 5.56 Å². The standard InChI is InChI=1S/C13H14N2OS/c1-10(16)12-4-3-6-14-13(12)15(2)8-11-5-7-17-9-11/h3-7,9H,8H2,1-2H3. The quantitative estimate of drug-likeness (QED) is 0.778. The van der Waals surface area contributed by atoms with Gasteiger partial charge in [0.15, 0.2) is 5.78 Å². The van der Waals surface area contributed by atoms with Crippen LogP contribution in [0, 0.1) is 0 Å². The minimum Gasteiger partial charge on any atom is -0.355 e. The zero-order valence-corrected chi connectivity index (χ0v) is 10.7. The lowest BCUT2D eigenvalue weighted by molar-refractivity contribution is 0.101. The van der Waals surface area contributed by atoms with Gasteiger partial charge < -0.3 is 4.90 Å². The van der Waals surface area contributed by atoms with Gasteiger partial charge in [0.2, 0.25) is 0 Å². The number of carbonyl (C=O) groups excluding carboxylic acids is 1. The van der Waals surface area contributed by atoms with E-state index in [0.717, 1.165) is 12.4 Å². The van der Waals surface area contributed by atoms with E-state index in [4.69, 9.17) is 0 Å². The van der Waals surface area contributed by atoms with E-state index in [-0.39, 0.29) is 5.78 Å². The summed E-state index contributed by atoms with van der Waals surface area (Å²) in [5.74, 6) is 0.788. The first-order valence-corrected chi connectivity index (χ1v) is 6.31. The molecule has 0 aliphatic rings. The van der Waals surface area contributed by atoms with Crippen LogP contribution in [0.25, 0.3) is 0 Å². The molecule has 2 heterocycles. The average molecular weight is 246 g/mol. The maximum Gasteiger partial charge on any atom is 0.163 e. The summed E-state index contributed by atoms with van der Waals surface area (Å²) in [7, 11) is 1.95. The first kappa shape index (κ1) is 11.8. The lowest BCUT2D eigenvalue weighted by atomic mass is 10.1. The number of hydrogen-bond donors (Lipinski definition) is 0. The predicted molar refractivity (Wildman–Crippen MR) is 70.7 cm³/mol. The van der Waals surface area contributed by atoms with Crippen molar-refractivity contribution < 1.29 is 4.79 Å². The van der Waals surface area contributed by atoms with Gasteiger partial charge in [-0.05, 0) is 41.4 Å². The molecule has 4 heteroatoms. The van der Waals surface area contributed by atoms with Crippen molar-refractivity contribution >= 4 is 22.9 Å². The highest BCUT2D eigenvalue weighted by Gasteiger charge is 2.12. The number of anilines is 1. The van der Waals surface area contributed by atoms with Crippen molar-refractivity contribution in [2.75, 3.05) is 11.9 Å². The van der Waals surface area contributed by atoms with Crippen LogP contribution >= 0.6 is 11.3 Å². The van der Waals surface area contributed by atoms with Crippen molar-refractivity contribution in [3.05, 3.63) is 46.3 Å². The Balaban J connectivity index is 2.24. The van der Waals surface area contributed by atoms with Crippen LogP contribution in [0.3, 0.4) is 0 Å². The molecule has 88 valence electrons. The highest BCUT2D eigenvalue weighted by Crippen LogP contribution is 2.19. The summed E-state index contributed by atoms with van der Waals surface area (Å²) in [6, 6.07) is 5.69. The summed E-state index contributed by atoms with van der Waals surface area (Å²) in [5, 5.41) is 4.15. The van der Waals surface area contributed by atoms with Crippen molar-refractivity contribution in [2.45, 2.75) is 13.5 Å². The van der Waals surface area contributed by atoms with Gasteiger partial charge in [-0.2, -0.15) is 11.3 Å². The minimum absolute atomic E-state index is 0.0465. The van der Waals surface area contributed by atoms with Gasteiger partial charge in [-0.25, -0.2) is 4.98 Å². The molecule has 0 aliphatic heterocycles. The molecule has 0 fully saturated rings. The van der Waals surface area contributed by atoms with Gasteiger partial charge in [-0.3, -0.25) is 4.79 Å². The first-order chi connectivity index (χ1) is 8.18. The lowest BCUT2D eigenvalue weighted by Crippen LogP contribution is -2.19. The van der Waals surface area contributed by atoms with E-state index in [1.807, 2.05) is 23.4 Å². The molecule has 0 radical (unpaired) electrons. The van der Waals surface area contributed by atoms with Crippen LogP contribution < -0.4 is 4.90 Å². The Morgan fingerprint density at radius 2 is 2.29 bits per heavy atom. The molecule has 3 nitrogen and oxygen atoms in total. The Morgan fingerprint density at radius 3 is 2.94 bits per heavy atom. The molecule has 0 amide bonds. The molecular weight excluding hydrogens is 232 g/mol.